The molecular weight excluding hydrogens is 310 g/mol. The highest BCUT2D eigenvalue weighted by molar-refractivity contribution is 7.71. The van der Waals surface area contributed by atoms with Crippen LogP contribution in [0.1, 0.15) is 33.6 Å². The van der Waals surface area contributed by atoms with Gasteiger partial charge in [-0.15, -0.1) is 0 Å². The molecule has 118 valence electrons. The number of anilines is 1. The van der Waals surface area contributed by atoms with E-state index in [-0.39, 0.29) is 11.8 Å². The summed E-state index contributed by atoms with van der Waals surface area (Å²) in [4.78, 5) is 29.3. The Bertz CT molecular complexity index is 794. The van der Waals surface area contributed by atoms with Crippen LogP contribution in [-0.2, 0) is 0 Å². The van der Waals surface area contributed by atoms with Gasteiger partial charge in [-0.1, -0.05) is 18.3 Å². The summed E-state index contributed by atoms with van der Waals surface area (Å²) < 4.78 is 0.384. The Hall–Kier alpha value is -2.47. The lowest BCUT2D eigenvalue weighted by molar-refractivity contribution is 0.0792. The van der Waals surface area contributed by atoms with E-state index in [0.717, 1.165) is 25.9 Å². The quantitative estimate of drug-likeness (QED) is 0.851. The van der Waals surface area contributed by atoms with Gasteiger partial charge in [0.15, 0.2) is 0 Å². The number of nitrogens with zero attached hydrogens (tertiary/aromatic N) is 1. The number of H-pyrrole nitrogens is 1. The number of nitrogens with one attached hydrogen (secondary N) is 2. The number of amides is 2. The molecule has 0 radical (unpaired) electrons. The van der Waals surface area contributed by atoms with Gasteiger partial charge in [-0.05, 0) is 43.2 Å². The third kappa shape index (κ3) is 3.48. The van der Waals surface area contributed by atoms with E-state index in [2.05, 4.69) is 10.3 Å². The van der Waals surface area contributed by atoms with E-state index < -0.39 is 0 Å². The first-order valence-corrected chi connectivity index (χ1v) is 7.94. The molecule has 0 spiro atoms. The molecule has 0 saturated carbocycles. The van der Waals surface area contributed by atoms with Gasteiger partial charge in [-0.3, -0.25) is 9.59 Å². The zero-order valence-electron chi connectivity index (χ0n) is 12.5. The average molecular weight is 327 g/mol. The molecule has 1 saturated heterocycles. The van der Waals surface area contributed by atoms with Crippen LogP contribution in [0.2, 0.25) is 0 Å². The third-order valence-electron chi connectivity index (χ3n) is 3.82. The van der Waals surface area contributed by atoms with Crippen LogP contribution in [-0.4, -0.2) is 34.8 Å². The molecule has 2 amide bonds. The van der Waals surface area contributed by atoms with Crippen molar-refractivity contribution in [3.63, 3.8) is 0 Å². The minimum Gasteiger partial charge on any atom is -0.352 e. The lowest BCUT2D eigenvalue weighted by Gasteiger charge is -2.15. The smallest absolute Gasteiger partial charge is 0.258 e. The molecule has 2 N–H and O–H groups in total. The number of benzene rings is 1. The van der Waals surface area contributed by atoms with Crippen molar-refractivity contribution >= 4 is 29.7 Å². The number of carbonyl (C=O) groups excluding carboxylic acids is 2. The third-order valence-corrected chi connectivity index (χ3v) is 4.16. The van der Waals surface area contributed by atoms with Crippen molar-refractivity contribution in [2.45, 2.75) is 12.8 Å². The molecule has 1 aromatic carbocycles. The largest absolute Gasteiger partial charge is 0.352 e. The first-order chi connectivity index (χ1) is 11.1. The van der Waals surface area contributed by atoms with E-state index in [4.69, 9.17) is 12.2 Å². The van der Waals surface area contributed by atoms with Crippen molar-refractivity contribution < 1.29 is 9.59 Å². The first kappa shape index (κ1) is 15.4. The van der Waals surface area contributed by atoms with Gasteiger partial charge in [0, 0.05) is 30.5 Å². The minimum absolute atomic E-state index is 0.00982. The van der Waals surface area contributed by atoms with Crippen molar-refractivity contribution in [2.75, 3.05) is 18.4 Å². The molecule has 1 fully saturated rings. The summed E-state index contributed by atoms with van der Waals surface area (Å²) in [6, 6.07) is 10.4. The molecule has 0 unspecified atom stereocenters. The maximum absolute atomic E-state index is 12.4. The lowest BCUT2D eigenvalue weighted by atomic mass is 10.1. The summed E-state index contributed by atoms with van der Waals surface area (Å²) in [5.74, 6) is -0.284. The van der Waals surface area contributed by atoms with E-state index in [1.54, 1.807) is 42.6 Å². The average Bonchev–Trinajstić information content (AvgIpc) is 3.09. The standard InChI is InChI=1S/C17H17N3O2S/c21-15(14-7-4-8-18-16(14)23)19-13-6-3-5-12(11-13)17(22)20-9-1-2-10-20/h3-8,11H,1-2,9-10H2,(H,18,23)(H,19,21). The monoisotopic (exact) mass is 327 g/mol. The topological polar surface area (TPSA) is 65.2 Å². The molecule has 2 aromatic rings. The molecule has 1 aliphatic heterocycles. The zero-order valence-corrected chi connectivity index (χ0v) is 13.4. The highest BCUT2D eigenvalue weighted by atomic mass is 32.1. The van der Waals surface area contributed by atoms with Crippen molar-refractivity contribution in [3.05, 3.63) is 58.4 Å². The summed E-state index contributed by atoms with van der Waals surface area (Å²) in [5, 5.41) is 2.79. The van der Waals surface area contributed by atoms with Crippen LogP contribution in [0.5, 0.6) is 0 Å². The fraction of sp³-hybridized carbons (Fsp3) is 0.235. The molecule has 0 atom stereocenters. The van der Waals surface area contributed by atoms with E-state index in [9.17, 15) is 9.59 Å². The molecule has 0 aliphatic carbocycles. The van der Waals surface area contributed by atoms with Gasteiger partial charge in [0.2, 0.25) is 0 Å². The molecule has 1 aromatic heterocycles. The SMILES string of the molecule is O=C(Nc1cccc(C(=O)N2CCCC2)c1)c1ccc[nH]c1=S. The molecule has 2 heterocycles. The minimum atomic E-state index is -0.294. The second kappa shape index (κ2) is 6.75. The summed E-state index contributed by atoms with van der Waals surface area (Å²) in [5.41, 5.74) is 1.57. The van der Waals surface area contributed by atoms with Gasteiger partial charge >= 0.3 is 0 Å². The van der Waals surface area contributed by atoms with Crippen LogP contribution < -0.4 is 5.32 Å². The van der Waals surface area contributed by atoms with E-state index in [0.29, 0.717) is 21.5 Å². The van der Waals surface area contributed by atoms with Gasteiger partial charge < -0.3 is 15.2 Å². The van der Waals surface area contributed by atoms with Crippen LogP contribution in [0.3, 0.4) is 0 Å². The Labute approximate surface area is 139 Å². The Kier molecular flexibility index (Phi) is 4.52. The second-order valence-electron chi connectivity index (χ2n) is 5.45. The Morgan fingerprint density at radius 2 is 1.91 bits per heavy atom. The fourth-order valence-corrected chi connectivity index (χ4v) is 2.86. The van der Waals surface area contributed by atoms with Crippen molar-refractivity contribution in [3.8, 4) is 0 Å². The number of hydrogen-bond donors (Lipinski definition) is 2. The number of rotatable bonds is 3. The van der Waals surface area contributed by atoms with Crippen LogP contribution in [0.25, 0.3) is 0 Å². The highest BCUT2D eigenvalue weighted by Gasteiger charge is 2.19. The van der Waals surface area contributed by atoms with Gasteiger partial charge in [0.05, 0.1) is 5.56 Å². The van der Waals surface area contributed by atoms with Crippen LogP contribution in [0.4, 0.5) is 5.69 Å². The molecule has 3 rings (SSSR count). The number of pyridine rings is 1. The van der Waals surface area contributed by atoms with E-state index >= 15 is 0 Å². The van der Waals surface area contributed by atoms with Gasteiger partial charge in [-0.25, -0.2) is 0 Å². The Morgan fingerprint density at radius 3 is 2.65 bits per heavy atom. The molecular formula is C17H17N3O2S. The zero-order chi connectivity index (χ0) is 16.2. The van der Waals surface area contributed by atoms with Gasteiger partial charge in [0.25, 0.3) is 11.8 Å². The van der Waals surface area contributed by atoms with Crippen molar-refractivity contribution in [1.82, 2.24) is 9.88 Å². The molecule has 6 heteroatoms. The number of carbonyl (C=O) groups is 2. The van der Waals surface area contributed by atoms with Gasteiger partial charge in [-0.2, -0.15) is 0 Å². The molecule has 0 bridgehead atoms. The summed E-state index contributed by atoms with van der Waals surface area (Å²) in [7, 11) is 0. The maximum atomic E-state index is 12.4. The fourth-order valence-electron chi connectivity index (χ4n) is 2.63. The van der Waals surface area contributed by atoms with Crippen LogP contribution >= 0.6 is 12.2 Å². The second-order valence-corrected chi connectivity index (χ2v) is 5.86. The number of aromatic nitrogens is 1. The summed E-state index contributed by atoms with van der Waals surface area (Å²) in [6.07, 6.45) is 3.77. The maximum Gasteiger partial charge on any atom is 0.258 e. The Morgan fingerprint density at radius 1 is 1.13 bits per heavy atom. The summed E-state index contributed by atoms with van der Waals surface area (Å²) >= 11 is 5.11. The molecule has 23 heavy (non-hydrogen) atoms. The molecule has 5 nitrogen and oxygen atoms in total. The normalized spacial score (nSPS) is 13.8. The molecule has 1 aliphatic rings. The lowest BCUT2D eigenvalue weighted by Crippen LogP contribution is -2.27. The van der Waals surface area contributed by atoms with Crippen LogP contribution in [0, 0.1) is 4.64 Å². The number of aromatic amines is 1. The number of likely N-dealkylation sites (tertiary alicyclic amines) is 1. The Balaban J connectivity index is 1.77. The van der Waals surface area contributed by atoms with E-state index in [1.807, 2.05) is 4.90 Å². The number of hydrogen-bond acceptors (Lipinski definition) is 3. The predicted octanol–water partition coefficient (Wildman–Crippen LogP) is 3.23. The predicted molar refractivity (Wildman–Crippen MR) is 91.2 cm³/mol. The first-order valence-electron chi connectivity index (χ1n) is 7.53. The van der Waals surface area contributed by atoms with Crippen LogP contribution in [0.15, 0.2) is 42.6 Å². The van der Waals surface area contributed by atoms with Crippen molar-refractivity contribution in [1.29, 1.82) is 0 Å². The highest BCUT2D eigenvalue weighted by Crippen LogP contribution is 2.17. The summed E-state index contributed by atoms with van der Waals surface area (Å²) in [6.45, 7) is 1.60. The van der Waals surface area contributed by atoms with Gasteiger partial charge in [0.1, 0.15) is 4.64 Å². The van der Waals surface area contributed by atoms with Crippen molar-refractivity contribution in [2.24, 2.45) is 0 Å². The van der Waals surface area contributed by atoms with E-state index in [1.165, 1.54) is 0 Å².